The third kappa shape index (κ3) is 3.58. The summed E-state index contributed by atoms with van der Waals surface area (Å²) in [4.78, 5) is 12.6. The van der Waals surface area contributed by atoms with Crippen LogP contribution in [0.15, 0.2) is 42.5 Å². The fourth-order valence-electron chi connectivity index (χ4n) is 3.01. The Bertz CT molecular complexity index is 826. The zero-order chi connectivity index (χ0) is 17.8. The number of nitriles is 1. The van der Waals surface area contributed by atoms with E-state index in [0.717, 1.165) is 17.7 Å². The second-order valence-electron chi connectivity index (χ2n) is 5.94. The molecule has 0 spiro atoms. The van der Waals surface area contributed by atoms with E-state index in [-0.39, 0.29) is 17.7 Å². The number of carbonyl (C=O) groups is 1. The van der Waals surface area contributed by atoms with E-state index < -0.39 is 0 Å². The third-order valence-corrected chi connectivity index (χ3v) is 4.33. The maximum Gasteiger partial charge on any atom is 0.228 e. The monoisotopic (exact) mass is 336 g/mol. The Balaban J connectivity index is 1.75. The van der Waals surface area contributed by atoms with E-state index in [1.807, 2.05) is 31.2 Å². The second kappa shape index (κ2) is 7.27. The van der Waals surface area contributed by atoms with Crippen molar-refractivity contribution in [3.8, 4) is 17.6 Å². The topological polar surface area (TPSA) is 71.3 Å². The van der Waals surface area contributed by atoms with Crippen LogP contribution >= 0.6 is 0 Å². The van der Waals surface area contributed by atoms with Gasteiger partial charge in [0.25, 0.3) is 0 Å². The van der Waals surface area contributed by atoms with Crippen LogP contribution in [0.2, 0.25) is 0 Å². The lowest BCUT2D eigenvalue weighted by Crippen LogP contribution is -2.15. The van der Waals surface area contributed by atoms with Crippen molar-refractivity contribution in [2.45, 2.75) is 19.3 Å². The summed E-state index contributed by atoms with van der Waals surface area (Å²) in [6.07, 6.45) is 0.786. The Hall–Kier alpha value is -3.00. The Kier molecular flexibility index (Phi) is 4.90. The largest absolute Gasteiger partial charge is 0.496 e. The van der Waals surface area contributed by atoms with Crippen molar-refractivity contribution in [1.29, 1.82) is 5.26 Å². The summed E-state index contributed by atoms with van der Waals surface area (Å²) in [6, 6.07) is 14.9. The molecule has 2 aromatic carbocycles. The molecule has 25 heavy (non-hydrogen) atoms. The fourth-order valence-corrected chi connectivity index (χ4v) is 3.01. The first-order valence-corrected chi connectivity index (χ1v) is 8.28. The van der Waals surface area contributed by atoms with E-state index in [1.54, 1.807) is 25.3 Å². The normalized spacial score (nSPS) is 18.1. The van der Waals surface area contributed by atoms with E-state index in [9.17, 15) is 4.79 Å². The molecule has 3 rings (SSSR count). The summed E-state index contributed by atoms with van der Waals surface area (Å²) in [5.74, 6) is 1.38. The maximum absolute atomic E-state index is 12.6. The van der Waals surface area contributed by atoms with E-state index in [4.69, 9.17) is 14.7 Å². The van der Waals surface area contributed by atoms with Crippen LogP contribution < -0.4 is 14.8 Å². The predicted molar refractivity (Wildman–Crippen MR) is 94.8 cm³/mol. The Labute approximate surface area is 147 Å². The SMILES string of the molecule is CCOc1ccc(C#N)cc1NC(=O)[C@H]1C[C@@H]1c1ccccc1OC. The van der Waals surface area contributed by atoms with E-state index >= 15 is 0 Å². The number of hydrogen-bond donors (Lipinski definition) is 1. The van der Waals surface area contributed by atoms with Gasteiger partial charge in [0.15, 0.2) is 0 Å². The predicted octanol–water partition coefficient (Wildman–Crippen LogP) is 3.71. The first-order chi connectivity index (χ1) is 12.2. The molecule has 1 aliphatic rings. The molecule has 1 N–H and O–H groups in total. The van der Waals surface area contributed by atoms with Crippen LogP contribution in [0.4, 0.5) is 5.69 Å². The van der Waals surface area contributed by atoms with Gasteiger partial charge < -0.3 is 14.8 Å². The van der Waals surface area contributed by atoms with Crippen molar-refractivity contribution in [2.24, 2.45) is 5.92 Å². The quantitative estimate of drug-likeness (QED) is 0.873. The number of nitrogens with one attached hydrogen (secondary N) is 1. The molecule has 128 valence electrons. The van der Waals surface area contributed by atoms with Crippen molar-refractivity contribution < 1.29 is 14.3 Å². The van der Waals surface area contributed by atoms with Crippen LogP contribution in [0.3, 0.4) is 0 Å². The summed E-state index contributed by atoms with van der Waals surface area (Å²) < 4.78 is 10.9. The van der Waals surface area contributed by atoms with Crippen molar-refractivity contribution in [3.63, 3.8) is 0 Å². The number of benzene rings is 2. The number of rotatable bonds is 6. The van der Waals surface area contributed by atoms with Gasteiger partial charge in [-0.2, -0.15) is 5.26 Å². The minimum Gasteiger partial charge on any atom is -0.496 e. The first kappa shape index (κ1) is 16.8. The van der Waals surface area contributed by atoms with Crippen molar-refractivity contribution in [2.75, 3.05) is 19.0 Å². The van der Waals surface area contributed by atoms with Gasteiger partial charge in [0.2, 0.25) is 5.91 Å². The molecule has 0 saturated heterocycles. The minimum absolute atomic E-state index is 0.0630. The highest BCUT2D eigenvalue weighted by atomic mass is 16.5. The van der Waals surface area contributed by atoms with Crippen LogP contribution in [-0.4, -0.2) is 19.6 Å². The van der Waals surface area contributed by atoms with Crippen LogP contribution in [0.5, 0.6) is 11.5 Å². The average Bonchev–Trinajstić information content (AvgIpc) is 3.44. The van der Waals surface area contributed by atoms with Crippen molar-refractivity contribution in [1.82, 2.24) is 0 Å². The Morgan fingerprint density at radius 1 is 1.28 bits per heavy atom. The highest BCUT2D eigenvalue weighted by Crippen LogP contribution is 2.51. The van der Waals surface area contributed by atoms with Gasteiger partial charge in [-0.05, 0) is 49.1 Å². The van der Waals surface area contributed by atoms with Gasteiger partial charge in [0.05, 0.1) is 31.0 Å². The zero-order valence-electron chi connectivity index (χ0n) is 14.3. The van der Waals surface area contributed by atoms with Crippen molar-refractivity contribution in [3.05, 3.63) is 53.6 Å². The molecule has 0 heterocycles. The number of amides is 1. The second-order valence-corrected chi connectivity index (χ2v) is 5.94. The third-order valence-electron chi connectivity index (χ3n) is 4.33. The Morgan fingerprint density at radius 2 is 2.08 bits per heavy atom. The van der Waals surface area contributed by atoms with Gasteiger partial charge in [-0.15, -0.1) is 0 Å². The number of nitrogens with zero attached hydrogens (tertiary/aromatic N) is 1. The lowest BCUT2D eigenvalue weighted by molar-refractivity contribution is -0.117. The van der Waals surface area contributed by atoms with Gasteiger partial charge >= 0.3 is 0 Å². The number of methoxy groups -OCH3 is 1. The first-order valence-electron chi connectivity index (χ1n) is 8.28. The molecule has 0 aliphatic heterocycles. The summed E-state index contributed by atoms with van der Waals surface area (Å²) in [7, 11) is 1.64. The molecule has 2 aromatic rings. The molecule has 5 heteroatoms. The number of carbonyl (C=O) groups excluding carboxylic acids is 1. The number of anilines is 1. The molecule has 0 aromatic heterocycles. The number of hydrogen-bond acceptors (Lipinski definition) is 4. The van der Waals surface area contributed by atoms with Gasteiger partial charge in [0.1, 0.15) is 11.5 Å². The van der Waals surface area contributed by atoms with E-state index in [2.05, 4.69) is 11.4 Å². The molecule has 5 nitrogen and oxygen atoms in total. The van der Waals surface area contributed by atoms with Crippen LogP contribution in [0.25, 0.3) is 0 Å². The smallest absolute Gasteiger partial charge is 0.228 e. The molecular formula is C20H20N2O3. The number of para-hydroxylation sites is 1. The molecule has 1 amide bonds. The average molecular weight is 336 g/mol. The van der Waals surface area contributed by atoms with E-state index in [1.165, 1.54) is 0 Å². The fraction of sp³-hybridized carbons (Fsp3) is 0.300. The minimum atomic E-state index is -0.100. The van der Waals surface area contributed by atoms with Crippen LogP contribution in [0.1, 0.15) is 30.4 Å². The molecule has 1 aliphatic carbocycles. The molecular weight excluding hydrogens is 316 g/mol. The van der Waals surface area contributed by atoms with Gasteiger partial charge in [-0.25, -0.2) is 0 Å². The van der Waals surface area contributed by atoms with Crippen LogP contribution in [0, 0.1) is 17.2 Å². The number of ether oxygens (including phenoxy) is 2. The van der Waals surface area contributed by atoms with Gasteiger partial charge in [-0.1, -0.05) is 18.2 Å². The van der Waals surface area contributed by atoms with Gasteiger partial charge in [-0.3, -0.25) is 4.79 Å². The molecule has 0 unspecified atom stereocenters. The standard InChI is InChI=1S/C20H20N2O3/c1-3-25-19-9-8-13(12-21)10-17(19)22-20(23)16-11-15(16)14-6-4-5-7-18(14)24-2/h4-10,15-16H,3,11H2,1-2H3,(H,22,23)/t15-,16+/m1/s1. The van der Waals surface area contributed by atoms with Gasteiger partial charge in [0, 0.05) is 5.92 Å². The highest BCUT2D eigenvalue weighted by molar-refractivity contribution is 5.96. The zero-order valence-corrected chi connectivity index (χ0v) is 14.3. The lowest BCUT2D eigenvalue weighted by atomic mass is 10.1. The highest BCUT2D eigenvalue weighted by Gasteiger charge is 2.45. The molecule has 0 bridgehead atoms. The van der Waals surface area contributed by atoms with Crippen LogP contribution in [-0.2, 0) is 4.79 Å². The Morgan fingerprint density at radius 3 is 2.80 bits per heavy atom. The van der Waals surface area contributed by atoms with Crippen molar-refractivity contribution >= 4 is 11.6 Å². The molecule has 0 radical (unpaired) electrons. The lowest BCUT2D eigenvalue weighted by Gasteiger charge is -2.12. The summed E-state index contributed by atoms with van der Waals surface area (Å²) in [6.45, 7) is 2.37. The molecule has 2 atom stereocenters. The molecule has 1 fully saturated rings. The summed E-state index contributed by atoms with van der Waals surface area (Å²) in [5, 5.41) is 12.0. The maximum atomic E-state index is 12.6. The summed E-state index contributed by atoms with van der Waals surface area (Å²) >= 11 is 0. The summed E-state index contributed by atoms with van der Waals surface area (Å²) in [5.41, 5.74) is 2.08. The van der Waals surface area contributed by atoms with E-state index in [0.29, 0.717) is 23.6 Å². The molecule has 1 saturated carbocycles.